The predicted octanol–water partition coefficient (Wildman–Crippen LogP) is 9.57. The van der Waals surface area contributed by atoms with Crippen molar-refractivity contribution >= 4 is 37.8 Å². The molecule has 5 nitrogen and oxygen atoms in total. The van der Waals surface area contributed by atoms with Gasteiger partial charge in [0.1, 0.15) is 17.2 Å². The second kappa shape index (κ2) is 12.7. The smallest absolute Gasteiger partial charge is 0.307 e. The van der Waals surface area contributed by atoms with Crippen LogP contribution in [-0.4, -0.2) is 23.3 Å². The van der Waals surface area contributed by atoms with Gasteiger partial charge >= 0.3 is 5.97 Å². The number of hydrogen-bond acceptors (Lipinski definition) is 4. The van der Waals surface area contributed by atoms with Crippen LogP contribution in [0.5, 0.6) is 23.0 Å². The molecule has 0 bridgehead atoms. The Morgan fingerprint density at radius 2 is 1.54 bits per heavy atom. The van der Waals surface area contributed by atoms with Crippen molar-refractivity contribution < 1.29 is 24.5 Å². The van der Waals surface area contributed by atoms with E-state index in [1.54, 1.807) is 25.3 Å². The number of ether oxygens (including phenoxy) is 2. The zero-order valence-electron chi connectivity index (χ0n) is 24.0. The molecule has 0 heterocycles. The van der Waals surface area contributed by atoms with Crippen molar-refractivity contribution in [1.29, 1.82) is 0 Å². The minimum absolute atomic E-state index is 0.107. The highest BCUT2D eigenvalue weighted by Gasteiger charge is 2.29. The monoisotopic (exact) mass is 680 g/mol. The fraction of sp³-hybridized carbons (Fsp3) is 0.265. The van der Waals surface area contributed by atoms with E-state index in [9.17, 15) is 15.0 Å². The quantitative estimate of drug-likeness (QED) is 0.172. The molecule has 0 amide bonds. The Hall–Kier alpha value is -3.29. The Labute approximate surface area is 258 Å². The van der Waals surface area contributed by atoms with Crippen molar-refractivity contribution in [2.24, 2.45) is 0 Å². The second-order valence-electron chi connectivity index (χ2n) is 10.7. The summed E-state index contributed by atoms with van der Waals surface area (Å²) in [4.78, 5) is 11.3. The summed E-state index contributed by atoms with van der Waals surface area (Å²) in [5.41, 5.74) is 7.29. The molecule has 0 radical (unpaired) electrons. The Bertz CT molecular complexity index is 1560. The topological polar surface area (TPSA) is 76.0 Å². The van der Waals surface area contributed by atoms with Crippen LogP contribution in [0, 0.1) is 20.8 Å². The number of benzene rings is 4. The van der Waals surface area contributed by atoms with Gasteiger partial charge in [-0.15, -0.1) is 0 Å². The summed E-state index contributed by atoms with van der Waals surface area (Å²) in [7, 11) is 1.66. The lowest BCUT2D eigenvalue weighted by Crippen LogP contribution is -2.10. The van der Waals surface area contributed by atoms with E-state index < -0.39 is 5.97 Å². The van der Waals surface area contributed by atoms with Crippen LogP contribution < -0.4 is 9.47 Å². The number of methoxy groups -OCH3 is 1. The lowest BCUT2D eigenvalue weighted by atomic mass is 9.80. The van der Waals surface area contributed by atoms with Gasteiger partial charge in [0.2, 0.25) is 0 Å². The summed E-state index contributed by atoms with van der Waals surface area (Å²) < 4.78 is 13.8. The van der Waals surface area contributed by atoms with E-state index in [2.05, 4.69) is 76.9 Å². The number of aliphatic carboxylic acids is 1. The van der Waals surface area contributed by atoms with Crippen molar-refractivity contribution in [2.75, 3.05) is 7.11 Å². The molecule has 1 atom stereocenters. The van der Waals surface area contributed by atoms with E-state index in [-0.39, 0.29) is 24.0 Å². The molecule has 0 spiro atoms. The summed E-state index contributed by atoms with van der Waals surface area (Å²) in [6, 6.07) is 19.7. The molecule has 4 aromatic rings. The third-order valence-corrected chi connectivity index (χ3v) is 8.27. The van der Waals surface area contributed by atoms with Gasteiger partial charge < -0.3 is 19.7 Å². The minimum Gasteiger partial charge on any atom is -0.508 e. The van der Waals surface area contributed by atoms with Gasteiger partial charge in [-0.25, -0.2) is 0 Å². The van der Waals surface area contributed by atoms with E-state index in [0.29, 0.717) is 26.0 Å². The highest BCUT2D eigenvalue weighted by Crippen LogP contribution is 2.48. The Morgan fingerprint density at radius 3 is 2.10 bits per heavy atom. The van der Waals surface area contributed by atoms with E-state index in [0.717, 1.165) is 44.7 Å². The number of phenolic OH excluding ortho intramolecular Hbond substituents is 1. The molecule has 1 unspecified atom stereocenters. The number of halogens is 2. The molecule has 214 valence electrons. The van der Waals surface area contributed by atoms with Crippen molar-refractivity contribution in [3.8, 4) is 23.0 Å². The summed E-state index contributed by atoms with van der Waals surface area (Å²) in [5.74, 6) is 0.945. The fourth-order valence-electron chi connectivity index (χ4n) is 5.31. The summed E-state index contributed by atoms with van der Waals surface area (Å²) in [6.45, 7) is 10.2. The largest absolute Gasteiger partial charge is 0.508 e. The number of hydrogen-bond donors (Lipinski definition) is 2. The van der Waals surface area contributed by atoms with Crippen LogP contribution in [0.25, 0.3) is 0 Å². The number of aryl methyl sites for hydroxylation is 3. The molecule has 0 aromatic heterocycles. The van der Waals surface area contributed by atoms with Crippen LogP contribution in [-0.2, 0) is 11.2 Å². The third kappa shape index (κ3) is 6.79. The standard InChI is InChI=1S/C34H34Br2O5/c1-18(2)24-16-30(41-34-26(35)13-22(14-27(34)36)15-31(38)39)25(17-29(24)40-6)33(23-9-7-8-19(3)11-23)32-21(5)10-20(4)12-28(32)37/h7-14,16-18,33,37H,15H2,1-6H3,(H,38,39). The lowest BCUT2D eigenvalue weighted by Gasteiger charge is -2.27. The first-order valence-electron chi connectivity index (χ1n) is 13.4. The number of carbonyl (C=O) groups is 1. The molecule has 41 heavy (non-hydrogen) atoms. The molecule has 0 saturated heterocycles. The first-order valence-corrected chi connectivity index (χ1v) is 14.9. The molecular formula is C34H34Br2O5. The van der Waals surface area contributed by atoms with Crippen molar-refractivity contribution in [3.63, 3.8) is 0 Å². The van der Waals surface area contributed by atoms with Gasteiger partial charge in [0.25, 0.3) is 0 Å². The molecule has 0 aliphatic carbocycles. The Morgan fingerprint density at radius 1 is 0.878 bits per heavy atom. The molecule has 2 N–H and O–H groups in total. The molecule has 0 aliphatic heterocycles. The van der Waals surface area contributed by atoms with Gasteiger partial charge in [-0.05, 0) is 111 Å². The summed E-state index contributed by atoms with van der Waals surface area (Å²) in [5, 5.41) is 20.6. The SMILES string of the molecule is COc1cc(C(c2cccc(C)c2)c2c(C)cc(C)cc2O)c(Oc2c(Br)cc(CC(=O)O)cc2Br)cc1C(C)C. The first-order chi connectivity index (χ1) is 19.4. The maximum atomic E-state index is 11.3. The van der Waals surface area contributed by atoms with Crippen LogP contribution in [0.15, 0.2) is 69.6 Å². The van der Waals surface area contributed by atoms with Gasteiger partial charge in [-0.3, -0.25) is 4.79 Å². The molecule has 0 fully saturated rings. The van der Waals surface area contributed by atoms with E-state index in [1.165, 1.54) is 0 Å². The highest BCUT2D eigenvalue weighted by molar-refractivity contribution is 9.11. The van der Waals surface area contributed by atoms with Crippen LogP contribution in [0.2, 0.25) is 0 Å². The van der Waals surface area contributed by atoms with Crippen LogP contribution >= 0.6 is 31.9 Å². The number of rotatable bonds is 9. The zero-order chi connectivity index (χ0) is 30.0. The molecule has 0 aliphatic rings. The number of aromatic hydroxyl groups is 1. The zero-order valence-corrected chi connectivity index (χ0v) is 27.2. The van der Waals surface area contributed by atoms with Crippen LogP contribution in [0.4, 0.5) is 0 Å². The van der Waals surface area contributed by atoms with Gasteiger partial charge in [-0.2, -0.15) is 0 Å². The van der Waals surface area contributed by atoms with Crippen LogP contribution in [0.3, 0.4) is 0 Å². The summed E-state index contributed by atoms with van der Waals surface area (Å²) >= 11 is 7.20. The second-order valence-corrected chi connectivity index (χ2v) is 12.4. The number of carboxylic acid groups (broad SMARTS) is 1. The maximum absolute atomic E-state index is 11.3. The van der Waals surface area contributed by atoms with E-state index in [4.69, 9.17) is 9.47 Å². The minimum atomic E-state index is -0.911. The van der Waals surface area contributed by atoms with E-state index in [1.807, 2.05) is 32.0 Å². The number of carboxylic acids is 1. The Kier molecular flexibility index (Phi) is 9.50. The molecule has 4 rings (SSSR count). The average Bonchev–Trinajstić information content (AvgIpc) is 2.87. The molecular weight excluding hydrogens is 648 g/mol. The highest BCUT2D eigenvalue weighted by atomic mass is 79.9. The van der Waals surface area contributed by atoms with Crippen molar-refractivity contribution in [3.05, 3.63) is 114 Å². The molecule has 4 aromatic carbocycles. The van der Waals surface area contributed by atoms with Gasteiger partial charge in [-0.1, -0.05) is 49.7 Å². The molecule has 7 heteroatoms. The molecule has 0 saturated carbocycles. The van der Waals surface area contributed by atoms with Crippen molar-refractivity contribution in [1.82, 2.24) is 0 Å². The fourth-order valence-corrected chi connectivity index (χ4v) is 6.76. The normalized spacial score (nSPS) is 11.9. The first kappa shape index (κ1) is 30.7. The Balaban J connectivity index is 2.03. The van der Waals surface area contributed by atoms with Crippen molar-refractivity contribution in [2.45, 2.75) is 52.9 Å². The number of phenols is 1. The third-order valence-electron chi connectivity index (χ3n) is 7.09. The lowest BCUT2D eigenvalue weighted by molar-refractivity contribution is -0.136. The van der Waals surface area contributed by atoms with Gasteiger partial charge in [0.15, 0.2) is 5.75 Å². The van der Waals surface area contributed by atoms with Crippen LogP contribution in [0.1, 0.15) is 70.2 Å². The summed E-state index contributed by atoms with van der Waals surface area (Å²) in [6.07, 6.45) is -0.107. The van der Waals surface area contributed by atoms with E-state index >= 15 is 0 Å². The van der Waals surface area contributed by atoms with Gasteiger partial charge in [0, 0.05) is 22.6 Å². The van der Waals surface area contributed by atoms with Gasteiger partial charge in [0.05, 0.1) is 22.5 Å². The maximum Gasteiger partial charge on any atom is 0.307 e. The predicted molar refractivity (Wildman–Crippen MR) is 170 cm³/mol. The average molecular weight is 682 g/mol.